The fraction of sp³-hybridized carbons (Fsp3) is 0.0909. The molecule has 0 saturated heterocycles. The first kappa shape index (κ1) is 13.1. The van der Waals surface area contributed by atoms with Gasteiger partial charge in [0, 0.05) is 0 Å². The van der Waals surface area contributed by atoms with Gasteiger partial charge in [0.2, 0.25) is 0 Å². The Morgan fingerprint density at radius 1 is 0.500 bits per heavy atom. The van der Waals surface area contributed by atoms with Crippen molar-refractivity contribution in [3.8, 4) is 11.1 Å². The summed E-state index contributed by atoms with van der Waals surface area (Å²) in [6, 6.07) is 26.3. The van der Waals surface area contributed by atoms with Gasteiger partial charge in [-0.3, -0.25) is 0 Å². The third-order valence-corrected chi connectivity index (χ3v) is 4.55. The van der Waals surface area contributed by atoms with E-state index in [9.17, 15) is 0 Å². The van der Waals surface area contributed by atoms with Crippen LogP contribution in [0.4, 0.5) is 0 Å². The standard InChI is InChI=1S/C22H18/c1-15-12-14-21(20-10-6-5-8-18(15)20)22-16(2)11-13-17-7-3-4-9-19(17)22/h3-14H,1-2H3. The number of aryl methyl sites for hydroxylation is 2. The van der Waals surface area contributed by atoms with Gasteiger partial charge in [0.05, 0.1) is 0 Å². The van der Waals surface area contributed by atoms with Crippen molar-refractivity contribution in [1.29, 1.82) is 0 Å². The second kappa shape index (κ2) is 4.99. The first-order chi connectivity index (χ1) is 10.8. The highest BCUT2D eigenvalue weighted by molar-refractivity contribution is 6.07. The van der Waals surface area contributed by atoms with Crippen LogP contribution in [0.1, 0.15) is 11.1 Å². The summed E-state index contributed by atoms with van der Waals surface area (Å²) in [5.41, 5.74) is 5.34. The summed E-state index contributed by atoms with van der Waals surface area (Å²) in [4.78, 5) is 0. The topological polar surface area (TPSA) is 0 Å². The molecule has 0 aromatic heterocycles. The van der Waals surface area contributed by atoms with Gasteiger partial charge in [0.1, 0.15) is 0 Å². The number of hydrogen-bond acceptors (Lipinski definition) is 0. The van der Waals surface area contributed by atoms with E-state index in [0.29, 0.717) is 0 Å². The highest BCUT2D eigenvalue weighted by atomic mass is 14.1. The van der Waals surface area contributed by atoms with E-state index in [1.54, 1.807) is 0 Å². The maximum Gasteiger partial charge on any atom is -0.00699 e. The second-order valence-corrected chi connectivity index (χ2v) is 5.95. The zero-order chi connectivity index (χ0) is 15.1. The third-order valence-electron chi connectivity index (χ3n) is 4.55. The Kier molecular flexibility index (Phi) is 2.97. The van der Waals surface area contributed by atoms with Crippen LogP contribution < -0.4 is 0 Å². The lowest BCUT2D eigenvalue weighted by atomic mass is 9.89. The largest absolute Gasteiger partial charge is 0.0616 e. The highest BCUT2D eigenvalue weighted by Crippen LogP contribution is 2.37. The van der Waals surface area contributed by atoms with Gasteiger partial charge in [-0.25, -0.2) is 0 Å². The smallest absolute Gasteiger partial charge is 0.00699 e. The predicted octanol–water partition coefficient (Wildman–Crippen LogP) is 6.28. The van der Waals surface area contributed by atoms with Crippen LogP contribution >= 0.6 is 0 Å². The van der Waals surface area contributed by atoms with Gasteiger partial charge in [-0.05, 0) is 57.6 Å². The molecule has 0 radical (unpaired) electrons. The molecule has 4 aromatic rings. The quantitative estimate of drug-likeness (QED) is 0.385. The van der Waals surface area contributed by atoms with Crippen LogP contribution in [0.3, 0.4) is 0 Å². The number of fused-ring (bicyclic) bond motifs is 2. The number of rotatable bonds is 1. The molecule has 0 N–H and O–H groups in total. The Morgan fingerprint density at radius 3 is 1.95 bits per heavy atom. The predicted molar refractivity (Wildman–Crippen MR) is 96.4 cm³/mol. The first-order valence-corrected chi connectivity index (χ1v) is 7.73. The molecular formula is C22H18. The Labute approximate surface area is 131 Å². The second-order valence-electron chi connectivity index (χ2n) is 5.95. The molecule has 0 spiro atoms. The summed E-state index contributed by atoms with van der Waals surface area (Å²) in [6.07, 6.45) is 0. The molecule has 0 aliphatic rings. The van der Waals surface area contributed by atoms with Crippen LogP contribution in [0.5, 0.6) is 0 Å². The zero-order valence-electron chi connectivity index (χ0n) is 12.9. The van der Waals surface area contributed by atoms with Crippen LogP contribution in [0.2, 0.25) is 0 Å². The molecular weight excluding hydrogens is 264 g/mol. The van der Waals surface area contributed by atoms with Crippen molar-refractivity contribution in [2.75, 3.05) is 0 Å². The lowest BCUT2D eigenvalue weighted by molar-refractivity contribution is 1.48. The molecule has 4 rings (SSSR count). The average Bonchev–Trinajstić information content (AvgIpc) is 2.56. The molecule has 0 bridgehead atoms. The lowest BCUT2D eigenvalue weighted by Crippen LogP contribution is -1.89. The summed E-state index contributed by atoms with van der Waals surface area (Å²) in [6.45, 7) is 4.39. The van der Waals surface area contributed by atoms with Gasteiger partial charge in [-0.2, -0.15) is 0 Å². The minimum Gasteiger partial charge on any atom is -0.0616 e. The normalized spacial score (nSPS) is 11.2. The van der Waals surface area contributed by atoms with Crippen molar-refractivity contribution in [2.45, 2.75) is 13.8 Å². The molecule has 0 fully saturated rings. The van der Waals surface area contributed by atoms with E-state index >= 15 is 0 Å². The fourth-order valence-corrected chi connectivity index (χ4v) is 3.41. The molecule has 0 heteroatoms. The number of benzene rings is 4. The van der Waals surface area contributed by atoms with Crippen molar-refractivity contribution in [2.24, 2.45) is 0 Å². The molecule has 0 aliphatic carbocycles. The summed E-state index contributed by atoms with van der Waals surface area (Å²) in [7, 11) is 0. The monoisotopic (exact) mass is 282 g/mol. The molecule has 4 aromatic carbocycles. The van der Waals surface area contributed by atoms with Crippen molar-refractivity contribution in [3.63, 3.8) is 0 Å². The zero-order valence-corrected chi connectivity index (χ0v) is 12.9. The summed E-state index contributed by atoms with van der Waals surface area (Å²) in [5, 5.41) is 5.30. The minimum atomic E-state index is 1.30. The molecule has 0 aliphatic heterocycles. The number of hydrogen-bond donors (Lipinski definition) is 0. The average molecular weight is 282 g/mol. The maximum atomic E-state index is 2.27. The van der Waals surface area contributed by atoms with E-state index < -0.39 is 0 Å². The summed E-state index contributed by atoms with van der Waals surface area (Å²) < 4.78 is 0. The van der Waals surface area contributed by atoms with Gasteiger partial charge in [-0.1, -0.05) is 72.8 Å². The highest BCUT2D eigenvalue weighted by Gasteiger charge is 2.11. The van der Waals surface area contributed by atoms with E-state index in [1.165, 1.54) is 43.8 Å². The third kappa shape index (κ3) is 1.92. The minimum absolute atomic E-state index is 1.30. The Bertz CT molecular complexity index is 993. The SMILES string of the molecule is Cc1ccc2ccccc2c1-c1ccc(C)c2ccccc12. The molecule has 22 heavy (non-hydrogen) atoms. The van der Waals surface area contributed by atoms with Gasteiger partial charge in [0.25, 0.3) is 0 Å². The van der Waals surface area contributed by atoms with Crippen LogP contribution in [-0.4, -0.2) is 0 Å². The Hall–Kier alpha value is -2.60. The first-order valence-electron chi connectivity index (χ1n) is 7.73. The van der Waals surface area contributed by atoms with Gasteiger partial charge >= 0.3 is 0 Å². The van der Waals surface area contributed by atoms with E-state index in [0.717, 1.165) is 0 Å². The molecule has 0 unspecified atom stereocenters. The van der Waals surface area contributed by atoms with Crippen LogP contribution in [0.25, 0.3) is 32.7 Å². The fourth-order valence-electron chi connectivity index (χ4n) is 3.41. The van der Waals surface area contributed by atoms with Gasteiger partial charge in [-0.15, -0.1) is 0 Å². The van der Waals surface area contributed by atoms with E-state index in [2.05, 4.69) is 86.6 Å². The summed E-state index contributed by atoms with van der Waals surface area (Å²) in [5.74, 6) is 0. The van der Waals surface area contributed by atoms with E-state index in [1.807, 2.05) is 0 Å². The van der Waals surface area contributed by atoms with E-state index in [-0.39, 0.29) is 0 Å². The van der Waals surface area contributed by atoms with Crippen LogP contribution in [0, 0.1) is 13.8 Å². The van der Waals surface area contributed by atoms with E-state index in [4.69, 9.17) is 0 Å². The van der Waals surface area contributed by atoms with Crippen molar-refractivity contribution in [3.05, 3.63) is 83.9 Å². The van der Waals surface area contributed by atoms with Crippen LogP contribution in [0.15, 0.2) is 72.8 Å². The molecule has 0 amide bonds. The van der Waals surface area contributed by atoms with Gasteiger partial charge in [0.15, 0.2) is 0 Å². The van der Waals surface area contributed by atoms with Crippen molar-refractivity contribution in [1.82, 2.24) is 0 Å². The molecule has 0 atom stereocenters. The van der Waals surface area contributed by atoms with Gasteiger partial charge < -0.3 is 0 Å². The molecule has 106 valence electrons. The Balaban J connectivity index is 2.17. The van der Waals surface area contributed by atoms with Crippen molar-refractivity contribution >= 4 is 21.5 Å². The lowest BCUT2D eigenvalue weighted by Gasteiger charge is -2.14. The molecule has 0 saturated carbocycles. The molecule has 0 nitrogen and oxygen atoms in total. The summed E-state index contributed by atoms with van der Waals surface area (Å²) >= 11 is 0. The van der Waals surface area contributed by atoms with Crippen LogP contribution in [-0.2, 0) is 0 Å². The van der Waals surface area contributed by atoms with Crippen molar-refractivity contribution < 1.29 is 0 Å². The molecule has 0 heterocycles. The Morgan fingerprint density at radius 2 is 1.14 bits per heavy atom. The maximum absolute atomic E-state index is 2.27.